The van der Waals surface area contributed by atoms with Crippen LogP contribution in [0.15, 0.2) is 64.1 Å². The monoisotopic (exact) mass is 525 g/mol. The van der Waals surface area contributed by atoms with E-state index in [9.17, 15) is 18.5 Å². The van der Waals surface area contributed by atoms with Crippen LogP contribution in [0.1, 0.15) is 12.8 Å². The van der Waals surface area contributed by atoms with Gasteiger partial charge in [-0.2, -0.15) is 0 Å². The van der Waals surface area contributed by atoms with Gasteiger partial charge in [-0.1, -0.05) is 0 Å². The highest BCUT2D eigenvalue weighted by Gasteiger charge is 2.51. The van der Waals surface area contributed by atoms with Gasteiger partial charge in [0, 0.05) is 50.2 Å². The van der Waals surface area contributed by atoms with Gasteiger partial charge in [-0.15, -0.1) is 0 Å². The number of fused-ring (bicyclic) bond motifs is 1. The number of pyridine rings is 1. The van der Waals surface area contributed by atoms with Gasteiger partial charge < -0.3 is 20.2 Å². The number of allylic oxidation sites excluding steroid dienone is 1. The van der Waals surface area contributed by atoms with Gasteiger partial charge in [-0.05, 0) is 60.9 Å². The van der Waals surface area contributed by atoms with Crippen LogP contribution in [0.5, 0.6) is 0 Å². The number of anilines is 1. The van der Waals surface area contributed by atoms with E-state index >= 15 is 0 Å². The summed E-state index contributed by atoms with van der Waals surface area (Å²) in [7, 11) is -1.58. The minimum Gasteiger partial charge on any atom is -0.481 e. The second-order valence-electron chi connectivity index (χ2n) is 9.36. The Labute approximate surface area is 216 Å². The van der Waals surface area contributed by atoms with Crippen molar-refractivity contribution in [1.29, 1.82) is 5.41 Å². The molecule has 1 aromatic heterocycles. The summed E-state index contributed by atoms with van der Waals surface area (Å²) < 4.78 is 33.8. The number of hydrogen-bond donors (Lipinski definition) is 2. The molecule has 2 aliphatic heterocycles. The minimum absolute atomic E-state index is 0.0557. The van der Waals surface area contributed by atoms with E-state index in [1.807, 2.05) is 6.07 Å². The standard InChI is InChI=1S/C26H28FN5O4S/c27-20-1-3-21(4-2-20)30-23-13-19-7-8-32(17-26(19,25(33)34)14-18(23)15-28)37(35)22-5-6-24(29-16-22)31-9-11-36-12-10-31/h1-6,13,15-16,18,28H,7-12,14,17H2,(H,33,34). The van der Waals surface area contributed by atoms with Crippen molar-refractivity contribution in [2.45, 2.75) is 17.7 Å². The van der Waals surface area contributed by atoms with Crippen LogP contribution in [0, 0.1) is 22.6 Å². The van der Waals surface area contributed by atoms with E-state index in [2.05, 4.69) is 14.9 Å². The molecule has 0 radical (unpaired) electrons. The molecule has 11 heteroatoms. The van der Waals surface area contributed by atoms with Gasteiger partial charge in [0.15, 0.2) is 0 Å². The lowest BCUT2D eigenvalue weighted by atomic mass is 9.65. The van der Waals surface area contributed by atoms with Crippen LogP contribution in [0.3, 0.4) is 0 Å². The number of benzene rings is 1. The van der Waals surface area contributed by atoms with E-state index in [0.29, 0.717) is 48.0 Å². The van der Waals surface area contributed by atoms with Crippen LogP contribution in [0.25, 0.3) is 0 Å². The first-order chi connectivity index (χ1) is 17.9. The molecule has 2 fully saturated rings. The first kappa shape index (κ1) is 25.4. The number of piperidine rings is 1. The van der Waals surface area contributed by atoms with Gasteiger partial charge in [-0.3, -0.25) is 9.79 Å². The van der Waals surface area contributed by atoms with Crippen molar-refractivity contribution in [2.24, 2.45) is 16.3 Å². The van der Waals surface area contributed by atoms with Gasteiger partial charge in [0.1, 0.15) is 28.0 Å². The minimum atomic E-state index is -1.58. The summed E-state index contributed by atoms with van der Waals surface area (Å²) in [6, 6.07) is 9.33. The number of nitrogens with zero attached hydrogens (tertiary/aromatic N) is 4. The fourth-order valence-corrected chi connectivity index (χ4v) is 6.32. The summed E-state index contributed by atoms with van der Waals surface area (Å²) >= 11 is 0. The van der Waals surface area contributed by atoms with Crippen LogP contribution in [0.2, 0.25) is 0 Å². The Morgan fingerprint density at radius 1 is 1.22 bits per heavy atom. The molecule has 2 aromatic rings. The summed E-state index contributed by atoms with van der Waals surface area (Å²) in [6.45, 7) is 3.25. The molecule has 0 saturated carbocycles. The molecule has 1 aliphatic carbocycles. The Kier molecular flexibility index (Phi) is 7.27. The molecule has 9 nitrogen and oxygen atoms in total. The smallest absolute Gasteiger partial charge is 0.315 e. The highest BCUT2D eigenvalue weighted by Crippen LogP contribution is 2.45. The highest BCUT2D eigenvalue weighted by molar-refractivity contribution is 7.82. The van der Waals surface area contributed by atoms with E-state index < -0.39 is 28.3 Å². The summed E-state index contributed by atoms with van der Waals surface area (Å²) in [5.74, 6) is -1.11. The molecule has 3 atom stereocenters. The number of carbonyl (C=O) groups is 1. The Bertz CT molecular complexity index is 1260. The van der Waals surface area contributed by atoms with Crippen molar-refractivity contribution in [1.82, 2.24) is 9.29 Å². The number of rotatable bonds is 6. The number of halogens is 1. The summed E-state index contributed by atoms with van der Waals surface area (Å²) in [5.41, 5.74) is 0.535. The van der Waals surface area contributed by atoms with Crippen LogP contribution >= 0.6 is 0 Å². The largest absolute Gasteiger partial charge is 0.481 e. The van der Waals surface area contributed by atoms with E-state index in [-0.39, 0.29) is 18.8 Å². The third kappa shape index (κ3) is 5.11. The third-order valence-electron chi connectivity index (χ3n) is 7.15. The maximum Gasteiger partial charge on any atom is 0.315 e. The zero-order chi connectivity index (χ0) is 26.0. The van der Waals surface area contributed by atoms with Gasteiger partial charge >= 0.3 is 5.97 Å². The number of hydrogen-bond acceptors (Lipinski definition) is 7. The van der Waals surface area contributed by atoms with Gasteiger partial charge in [0.05, 0.1) is 23.8 Å². The van der Waals surface area contributed by atoms with Crippen molar-refractivity contribution in [3.8, 4) is 0 Å². The Morgan fingerprint density at radius 3 is 2.62 bits per heavy atom. The van der Waals surface area contributed by atoms with E-state index in [1.165, 1.54) is 18.3 Å². The molecule has 194 valence electrons. The lowest BCUT2D eigenvalue weighted by Gasteiger charge is -2.44. The van der Waals surface area contributed by atoms with Gasteiger partial charge in [0.25, 0.3) is 0 Å². The lowest BCUT2D eigenvalue weighted by molar-refractivity contribution is -0.148. The maximum absolute atomic E-state index is 13.5. The Balaban J connectivity index is 1.38. The molecule has 3 aliphatic rings. The topological polar surface area (TPSA) is 119 Å². The number of aliphatic imine (C=N–C) groups is 1. The summed E-state index contributed by atoms with van der Waals surface area (Å²) in [4.78, 5) is 24.3. The normalized spacial score (nSPS) is 26.3. The van der Waals surface area contributed by atoms with Crippen LogP contribution in [-0.4, -0.2) is 75.9 Å². The zero-order valence-corrected chi connectivity index (χ0v) is 21.0. The van der Waals surface area contributed by atoms with Crippen molar-refractivity contribution < 1.29 is 23.2 Å². The molecular formula is C26H28FN5O4S. The lowest BCUT2D eigenvalue weighted by Crippen LogP contribution is -2.53. The van der Waals surface area contributed by atoms with E-state index in [4.69, 9.17) is 10.1 Å². The van der Waals surface area contributed by atoms with Crippen LogP contribution in [-0.2, 0) is 20.5 Å². The van der Waals surface area contributed by atoms with Crippen LogP contribution in [0.4, 0.5) is 15.9 Å². The summed E-state index contributed by atoms with van der Waals surface area (Å²) in [6.07, 6.45) is 5.10. The molecule has 0 spiro atoms. The number of ether oxygens (including phenoxy) is 1. The SMILES string of the molecule is N=CC1CC2(C(=O)O)CN(S(=O)c3ccc(N4CCOCC4)nc3)CCC2=CC1=Nc1ccc(F)cc1. The number of aliphatic carboxylic acids is 1. The average Bonchev–Trinajstić information content (AvgIpc) is 2.93. The quantitative estimate of drug-likeness (QED) is 0.559. The van der Waals surface area contributed by atoms with Gasteiger partial charge in [0.2, 0.25) is 0 Å². The first-order valence-corrected chi connectivity index (χ1v) is 13.2. The first-order valence-electron chi connectivity index (χ1n) is 12.1. The molecule has 0 bridgehead atoms. The van der Waals surface area contributed by atoms with Crippen molar-refractivity contribution in [3.05, 3.63) is 60.1 Å². The van der Waals surface area contributed by atoms with E-state index in [0.717, 1.165) is 18.9 Å². The molecule has 2 N–H and O–H groups in total. The molecule has 37 heavy (non-hydrogen) atoms. The molecule has 1 aromatic carbocycles. The maximum atomic E-state index is 13.5. The van der Waals surface area contributed by atoms with E-state index in [1.54, 1.807) is 34.8 Å². The second kappa shape index (κ2) is 10.6. The third-order valence-corrected chi connectivity index (χ3v) is 8.57. The highest BCUT2D eigenvalue weighted by atomic mass is 32.2. The Morgan fingerprint density at radius 2 is 1.97 bits per heavy atom. The Hall–Kier alpha value is -3.28. The van der Waals surface area contributed by atoms with Crippen LogP contribution < -0.4 is 4.90 Å². The molecule has 2 saturated heterocycles. The molecule has 5 rings (SSSR count). The molecular weight excluding hydrogens is 497 g/mol. The average molecular weight is 526 g/mol. The number of nitrogens with one attached hydrogen (secondary N) is 1. The van der Waals surface area contributed by atoms with Crippen molar-refractivity contribution in [3.63, 3.8) is 0 Å². The van der Waals surface area contributed by atoms with Crippen molar-refractivity contribution >= 4 is 40.4 Å². The predicted molar refractivity (Wildman–Crippen MR) is 138 cm³/mol. The molecule has 3 unspecified atom stereocenters. The molecule has 3 heterocycles. The fourth-order valence-electron chi connectivity index (χ4n) is 5.10. The number of carboxylic acids is 1. The van der Waals surface area contributed by atoms with Crippen molar-refractivity contribution in [2.75, 3.05) is 44.3 Å². The van der Waals surface area contributed by atoms with Gasteiger partial charge in [-0.25, -0.2) is 17.9 Å². The number of aromatic nitrogens is 1. The summed E-state index contributed by atoms with van der Waals surface area (Å²) in [5, 5.41) is 18.3. The zero-order valence-electron chi connectivity index (χ0n) is 20.2. The number of morpholine rings is 1. The fraction of sp³-hybridized carbons (Fsp3) is 0.385. The predicted octanol–water partition coefficient (Wildman–Crippen LogP) is 3.23. The number of carboxylic acid groups (broad SMARTS) is 1. The molecule has 0 amide bonds. The second-order valence-corrected chi connectivity index (χ2v) is 10.8.